The van der Waals surface area contributed by atoms with E-state index in [1.54, 1.807) is 0 Å². The van der Waals surface area contributed by atoms with Gasteiger partial charge in [0.05, 0.1) is 0 Å². The molecule has 0 radical (unpaired) electrons. The molecule has 0 heterocycles. The van der Waals surface area contributed by atoms with Crippen molar-refractivity contribution in [2.75, 3.05) is 19.8 Å². The van der Waals surface area contributed by atoms with Crippen LogP contribution in [0.25, 0.3) is 0 Å². The molecule has 0 aromatic heterocycles. The maximum atomic E-state index is 5.70. The number of para-hydroxylation sites is 1. The molecule has 3 nitrogen and oxygen atoms in total. The van der Waals surface area contributed by atoms with E-state index in [4.69, 9.17) is 9.47 Å². The SMILES string of the molecule is CCNCc1cccc(OCCOc2ccccc2)c1. The van der Waals surface area contributed by atoms with Gasteiger partial charge in [0.2, 0.25) is 0 Å². The quantitative estimate of drug-likeness (QED) is 0.748. The van der Waals surface area contributed by atoms with E-state index in [0.29, 0.717) is 13.2 Å². The van der Waals surface area contributed by atoms with Crippen LogP contribution < -0.4 is 14.8 Å². The minimum Gasteiger partial charge on any atom is -0.490 e. The Hall–Kier alpha value is -2.00. The highest BCUT2D eigenvalue weighted by Gasteiger charge is 1.97. The van der Waals surface area contributed by atoms with Crippen molar-refractivity contribution >= 4 is 0 Å². The number of rotatable bonds is 8. The van der Waals surface area contributed by atoms with E-state index in [9.17, 15) is 0 Å². The van der Waals surface area contributed by atoms with Crippen LogP contribution in [-0.4, -0.2) is 19.8 Å². The lowest BCUT2D eigenvalue weighted by Gasteiger charge is -2.09. The summed E-state index contributed by atoms with van der Waals surface area (Å²) in [4.78, 5) is 0. The molecule has 0 aliphatic carbocycles. The molecule has 2 rings (SSSR count). The molecule has 1 N–H and O–H groups in total. The average molecular weight is 271 g/mol. The number of benzene rings is 2. The standard InChI is InChI=1S/C17H21NO2/c1-2-18-14-15-7-6-10-17(13-15)20-12-11-19-16-8-4-3-5-9-16/h3-10,13,18H,2,11-12,14H2,1H3. The fraction of sp³-hybridized carbons (Fsp3) is 0.294. The highest BCUT2D eigenvalue weighted by molar-refractivity contribution is 5.28. The summed E-state index contributed by atoms with van der Waals surface area (Å²) in [5.41, 5.74) is 1.23. The summed E-state index contributed by atoms with van der Waals surface area (Å²) >= 11 is 0. The highest BCUT2D eigenvalue weighted by Crippen LogP contribution is 2.13. The molecular weight excluding hydrogens is 250 g/mol. The van der Waals surface area contributed by atoms with Crippen LogP contribution in [0.3, 0.4) is 0 Å². The molecule has 0 aliphatic heterocycles. The van der Waals surface area contributed by atoms with Gasteiger partial charge in [-0.3, -0.25) is 0 Å². The average Bonchev–Trinajstić information content (AvgIpc) is 2.51. The second kappa shape index (κ2) is 8.23. The Morgan fingerprint density at radius 3 is 2.30 bits per heavy atom. The topological polar surface area (TPSA) is 30.5 Å². The molecule has 3 heteroatoms. The molecule has 106 valence electrons. The Bertz CT molecular complexity index is 499. The lowest BCUT2D eigenvalue weighted by atomic mass is 10.2. The second-order valence-corrected chi connectivity index (χ2v) is 4.44. The van der Waals surface area contributed by atoms with Gasteiger partial charge in [-0.15, -0.1) is 0 Å². The van der Waals surface area contributed by atoms with Crippen molar-refractivity contribution in [2.45, 2.75) is 13.5 Å². The molecule has 0 unspecified atom stereocenters. The Morgan fingerprint density at radius 1 is 0.850 bits per heavy atom. The van der Waals surface area contributed by atoms with Gasteiger partial charge in [-0.05, 0) is 36.4 Å². The fourth-order valence-electron chi connectivity index (χ4n) is 1.85. The summed E-state index contributed by atoms with van der Waals surface area (Å²) in [6.45, 7) is 5.02. The van der Waals surface area contributed by atoms with Crippen LogP contribution in [0.1, 0.15) is 12.5 Å². The minimum atomic E-state index is 0.541. The van der Waals surface area contributed by atoms with Crippen molar-refractivity contribution in [3.05, 3.63) is 60.2 Å². The van der Waals surface area contributed by atoms with Crippen molar-refractivity contribution in [2.24, 2.45) is 0 Å². The third-order valence-electron chi connectivity index (χ3n) is 2.84. The van der Waals surface area contributed by atoms with Gasteiger partial charge in [0.15, 0.2) is 0 Å². The van der Waals surface area contributed by atoms with E-state index in [-0.39, 0.29) is 0 Å². The van der Waals surface area contributed by atoms with Crippen molar-refractivity contribution in [3.8, 4) is 11.5 Å². The molecule has 0 aliphatic rings. The molecular formula is C17H21NO2. The first-order valence-corrected chi connectivity index (χ1v) is 6.99. The van der Waals surface area contributed by atoms with Crippen LogP contribution in [0, 0.1) is 0 Å². The van der Waals surface area contributed by atoms with Gasteiger partial charge >= 0.3 is 0 Å². The normalized spacial score (nSPS) is 10.2. The predicted molar refractivity (Wildman–Crippen MR) is 81.3 cm³/mol. The third-order valence-corrected chi connectivity index (χ3v) is 2.84. The Labute approximate surface area is 120 Å². The van der Waals surface area contributed by atoms with E-state index in [0.717, 1.165) is 24.6 Å². The van der Waals surface area contributed by atoms with Crippen molar-refractivity contribution in [3.63, 3.8) is 0 Å². The Kier molecular flexibility index (Phi) is 5.93. The zero-order valence-electron chi connectivity index (χ0n) is 11.8. The number of hydrogen-bond donors (Lipinski definition) is 1. The van der Waals surface area contributed by atoms with Crippen molar-refractivity contribution < 1.29 is 9.47 Å². The molecule has 0 fully saturated rings. The van der Waals surface area contributed by atoms with Gasteiger partial charge in [-0.2, -0.15) is 0 Å². The van der Waals surface area contributed by atoms with Crippen LogP contribution in [-0.2, 0) is 6.54 Å². The van der Waals surface area contributed by atoms with Gasteiger partial charge in [-0.25, -0.2) is 0 Å². The summed E-state index contributed by atoms with van der Waals surface area (Å²) in [7, 11) is 0. The molecule has 0 saturated carbocycles. The number of hydrogen-bond acceptors (Lipinski definition) is 3. The number of nitrogens with one attached hydrogen (secondary N) is 1. The minimum absolute atomic E-state index is 0.541. The number of ether oxygens (including phenoxy) is 2. The van der Waals surface area contributed by atoms with E-state index in [1.165, 1.54) is 5.56 Å². The van der Waals surface area contributed by atoms with Crippen LogP contribution in [0.15, 0.2) is 54.6 Å². The third kappa shape index (κ3) is 4.94. The lowest BCUT2D eigenvalue weighted by Crippen LogP contribution is -2.12. The molecule has 0 spiro atoms. The zero-order chi connectivity index (χ0) is 14.0. The monoisotopic (exact) mass is 271 g/mol. The maximum Gasteiger partial charge on any atom is 0.122 e. The summed E-state index contributed by atoms with van der Waals surface area (Å²) in [6.07, 6.45) is 0. The molecule has 0 bridgehead atoms. The van der Waals surface area contributed by atoms with Crippen LogP contribution in [0.2, 0.25) is 0 Å². The zero-order valence-corrected chi connectivity index (χ0v) is 11.8. The van der Waals surface area contributed by atoms with Crippen molar-refractivity contribution in [1.82, 2.24) is 5.32 Å². The highest BCUT2D eigenvalue weighted by atomic mass is 16.5. The van der Waals surface area contributed by atoms with Crippen LogP contribution >= 0.6 is 0 Å². The molecule has 2 aromatic rings. The first-order chi connectivity index (χ1) is 9.88. The lowest BCUT2D eigenvalue weighted by molar-refractivity contribution is 0.217. The second-order valence-electron chi connectivity index (χ2n) is 4.44. The van der Waals surface area contributed by atoms with Gasteiger partial charge < -0.3 is 14.8 Å². The van der Waals surface area contributed by atoms with Crippen LogP contribution in [0.4, 0.5) is 0 Å². The largest absolute Gasteiger partial charge is 0.490 e. The van der Waals surface area contributed by atoms with Crippen molar-refractivity contribution in [1.29, 1.82) is 0 Å². The molecule has 20 heavy (non-hydrogen) atoms. The summed E-state index contributed by atoms with van der Waals surface area (Å²) in [5, 5.41) is 3.30. The van der Waals surface area contributed by atoms with E-state index in [2.05, 4.69) is 24.4 Å². The Morgan fingerprint density at radius 2 is 1.55 bits per heavy atom. The first kappa shape index (κ1) is 14.4. The molecule has 2 aromatic carbocycles. The molecule has 0 amide bonds. The smallest absolute Gasteiger partial charge is 0.122 e. The van der Waals surface area contributed by atoms with Gasteiger partial charge in [0.25, 0.3) is 0 Å². The summed E-state index contributed by atoms with van der Waals surface area (Å²) in [5.74, 6) is 1.76. The van der Waals surface area contributed by atoms with Gasteiger partial charge in [-0.1, -0.05) is 37.3 Å². The van der Waals surface area contributed by atoms with E-state index < -0.39 is 0 Å². The Balaban J connectivity index is 1.73. The summed E-state index contributed by atoms with van der Waals surface area (Å²) < 4.78 is 11.3. The summed E-state index contributed by atoms with van der Waals surface area (Å²) in [6, 6.07) is 17.9. The van der Waals surface area contributed by atoms with E-state index >= 15 is 0 Å². The first-order valence-electron chi connectivity index (χ1n) is 6.99. The molecule has 0 saturated heterocycles. The predicted octanol–water partition coefficient (Wildman–Crippen LogP) is 3.25. The van der Waals surface area contributed by atoms with Gasteiger partial charge in [0, 0.05) is 6.54 Å². The van der Waals surface area contributed by atoms with Crippen LogP contribution in [0.5, 0.6) is 11.5 Å². The van der Waals surface area contributed by atoms with Gasteiger partial charge in [0.1, 0.15) is 24.7 Å². The molecule has 0 atom stereocenters. The van der Waals surface area contributed by atoms with E-state index in [1.807, 2.05) is 42.5 Å². The maximum absolute atomic E-state index is 5.70. The fourth-order valence-corrected chi connectivity index (χ4v) is 1.85.